The Morgan fingerprint density at radius 2 is 1.86 bits per heavy atom. The number of carbonyl (C=O) groups excluding carboxylic acids is 2. The number of benzene rings is 2. The Labute approximate surface area is 171 Å². The molecule has 1 heterocycles. The molecule has 0 saturated heterocycles. The summed E-state index contributed by atoms with van der Waals surface area (Å²) in [5.41, 5.74) is 0. The zero-order valence-electron chi connectivity index (χ0n) is 14.8. The molecule has 1 atom stereocenters. The first kappa shape index (κ1) is 19.9. The summed E-state index contributed by atoms with van der Waals surface area (Å²) in [6.45, 7) is 1.11. The van der Waals surface area contributed by atoms with Gasteiger partial charge < -0.3 is 14.8 Å². The zero-order valence-corrected chi connectivity index (χ0v) is 16.3. The first-order valence-electron chi connectivity index (χ1n) is 8.35. The van der Waals surface area contributed by atoms with Gasteiger partial charge in [0.1, 0.15) is 5.75 Å². The molecule has 0 fully saturated rings. The van der Waals surface area contributed by atoms with Gasteiger partial charge >= 0.3 is 5.97 Å². The highest BCUT2D eigenvalue weighted by molar-refractivity contribution is 6.36. The van der Waals surface area contributed by atoms with Gasteiger partial charge in [-0.25, -0.2) is 9.78 Å². The minimum atomic E-state index is -1.05. The van der Waals surface area contributed by atoms with E-state index in [4.69, 9.17) is 32.7 Å². The maximum absolute atomic E-state index is 12.1. The average molecular weight is 419 g/mol. The highest BCUT2D eigenvalue weighted by Gasteiger charge is 2.19. The van der Waals surface area contributed by atoms with Crippen LogP contribution in [0.2, 0.25) is 10.0 Å². The van der Waals surface area contributed by atoms with Gasteiger partial charge in [0.2, 0.25) is 0 Å². The molecule has 1 unspecified atom stereocenters. The minimum absolute atomic E-state index is 0.131. The number of esters is 1. The molecule has 0 spiro atoms. The number of nitrogens with one attached hydrogen (secondary N) is 1. The molecule has 3 aromatic rings. The topological polar surface area (TPSA) is 77.5 Å². The predicted molar refractivity (Wildman–Crippen MR) is 108 cm³/mol. The number of fused-ring (bicyclic) bond motifs is 1. The quantitative estimate of drug-likeness (QED) is 0.596. The van der Waals surface area contributed by atoms with Crippen LogP contribution >= 0.6 is 23.2 Å². The van der Waals surface area contributed by atoms with E-state index in [-0.39, 0.29) is 17.4 Å². The van der Waals surface area contributed by atoms with Crippen molar-refractivity contribution in [3.8, 4) is 5.75 Å². The molecule has 0 saturated carbocycles. The highest BCUT2D eigenvalue weighted by atomic mass is 35.5. The van der Waals surface area contributed by atoms with Crippen LogP contribution < -0.4 is 10.1 Å². The van der Waals surface area contributed by atoms with Crippen molar-refractivity contribution in [1.82, 2.24) is 4.98 Å². The van der Waals surface area contributed by atoms with Gasteiger partial charge in [-0.1, -0.05) is 53.5 Å². The molecular weight excluding hydrogens is 403 g/mol. The summed E-state index contributed by atoms with van der Waals surface area (Å²) in [5, 5.41) is 5.06. The van der Waals surface area contributed by atoms with Crippen molar-refractivity contribution in [1.29, 1.82) is 0 Å². The number of pyridine rings is 1. The molecule has 1 N–H and O–H groups in total. The lowest BCUT2D eigenvalue weighted by molar-refractivity contribution is -0.155. The van der Waals surface area contributed by atoms with E-state index < -0.39 is 18.0 Å². The SMILES string of the molecule is CC(OC(=O)COc1ccc2ccccc2c1)C(=O)Nc1ncc(Cl)cc1Cl. The molecule has 1 amide bonds. The van der Waals surface area contributed by atoms with Gasteiger partial charge in [-0.2, -0.15) is 0 Å². The number of aromatic nitrogens is 1. The molecule has 144 valence electrons. The molecular formula is C20H16Cl2N2O4. The summed E-state index contributed by atoms with van der Waals surface area (Å²) in [7, 11) is 0. The van der Waals surface area contributed by atoms with E-state index >= 15 is 0 Å². The van der Waals surface area contributed by atoms with E-state index in [2.05, 4.69) is 10.3 Å². The van der Waals surface area contributed by atoms with Crippen LogP contribution in [-0.4, -0.2) is 29.6 Å². The van der Waals surface area contributed by atoms with Crippen LogP contribution in [0, 0.1) is 0 Å². The fraction of sp³-hybridized carbons (Fsp3) is 0.150. The Morgan fingerprint density at radius 1 is 1.11 bits per heavy atom. The number of hydrogen-bond acceptors (Lipinski definition) is 5. The lowest BCUT2D eigenvalue weighted by Gasteiger charge is -2.14. The second kappa shape index (κ2) is 8.91. The normalized spacial score (nSPS) is 11.7. The minimum Gasteiger partial charge on any atom is -0.482 e. The fourth-order valence-corrected chi connectivity index (χ4v) is 2.84. The molecule has 28 heavy (non-hydrogen) atoms. The van der Waals surface area contributed by atoms with Crippen LogP contribution in [0.5, 0.6) is 5.75 Å². The van der Waals surface area contributed by atoms with E-state index in [1.165, 1.54) is 19.2 Å². The van der Waals surface area contributed by atoms with Crippen molar-refractivity contribution in [3.63, 3.8) is 0 Å². The van der Waals surface area contributed by atoms with Crippen molar-refractivity contribution >= 4 is 51.7 Å². The third kappa shape index (κ3) is 5.12. The van der Waals surface area contributed by atoms with Crippen LogP contribution in [0.3, 0.4) is 0 Å². The van der Waals surface area contributed by atoms with Crippen LogP contribution in [-0.2, 0) is 14.3 Å². The van der Waals surface area contributed by atoms with Crippen molar-refractivity contribution in [2.75, 3.05) is 11.9 Å². The van der Waals surface area contributed by atoms with Gasteiger partial charge in [0.15, 0.2) is 18.5 Å². The zero-order chi connectivity index (χ0) is 20.1. The second-order valence-electron chi connectivity index (χ2n) is 5.90. The van der Waals surface area contributed by atoms with Gasteiger partial charge in [-0.05, 0) is 35.9 Å². The molecule has 0 aliphatic carbocycles. The Morgan fingerprint density at radius 3 is 2.61 bits per heavy atom. The van der Waals surface area contributed by atoms with Gasteiger partial charge in [0.25, 0.3) is 5.91 Å². The van der Waals surface area contributed by atoms with E-state index in [1.807, 2.05) is 36.4 Å². The Kier molecular flexibility index (Phi) is 6.34. The van der Waals surface area contributed by atoms with Crippen molar-refractivity contribution < 1.29 is 19.1 Å². The lowest BCUT2D eigenvalue weighted by atomic mass is 10.1. The Balaban J connectivity index is 1.52. The summed E-state index contributed by atoms with van der Waals surface area (Å²) in [6.07, 6.45) is 0.290. The van der Waals surface area contributed by atoms with Gasteiger partial charge in [0, 0.05) is 6.20 Å². The fourth-order valence-electron chi connectivity index (χ4n) is 2.41. The summed E-state index contributed by atoms with van der Waals surface area (Å²) in [5.74, 6) is -0.585. The molecule has 8 heteroatoms. The van der Waals surface area contributed by atoms with Crippen molar-refractivity contribution in [2.24, 2.45) is 0 Å². The van der Waals surface area contributed by atoms with E-state index in [1.54, 1.807) is 6.07 Å². The third-order valence-electron chi connectivity index (χ3n) is 3.80. The number of ether oxygens (including phenoxy) is 2. The first-order valence-corrected chi connectivity index (χ1v) is 9.11. The number of rotatable bonds is 6. The number of hydrogen-bond donors (Lipinski definition) is 1. The maximum Gasteiger partial charge on any atom is 0.344 e. The van der Waals surface area contributed by atoms with Crippen molar-refractivity contribution in [2.45, 2.75) is 13.0 Å². The monoisotopic (exact) mass is 418 g/mol. The summed E-state index contributed by atoms with van der Waals surface area (Å²) in [4.78, 5) is 28.0. The highest BCUT2D eigenvalue weighted by Crippen LogP contribution is 2.23. The third-order valence-corrected chi connectivity index (χ3v) is 4.30. The van der Waals surface area contributed by atoms with Crippen molar-refractivity contribution in [3.05, 3.63) is 64.8 Å². The van der Waals surface area contributed by atoms with Crippen LogP contribution in [0.1, 0.15) is 6.92 Å². The average Bonchev–Trinajstić information content (AvgIpc) is 2.68. The van der Waals surface area contributed by atoms with Crippen LogP contribution in [0.25, 0.3) is 10.8 Å². The number of amides is 1. The van der Waals surface area contributed by atoms with Crippen LogP contribution in [0.15, 0.2) is 54.7 Å². The Bertz CT molecular complexity index is 1030. The number of nitrogens with zero attached hydrogens (tertiary/aromatic N) is 1. The molecule has 3 rings (SSSR count). The predicted octanol–water partition coefficient (Wildman–Crippen LogP) is 4.49. The Hall–Kier alpha value is -2.83. The standard InChI is InChI=1S/C20H16Cl2N2O4/c1-12(20(26)24-19-17(22)9-15(21)10-23-19)28-18(25)11-27-16-7-6-13-4-2-3-5-14(13)8-16/h2-10,12H,11H2,1H3,(H,23,24,26). The first-order chi connectivity index (χ1) is 13.4. The van der Waals surface area contributed by atoms with Gasteiger partial charge in [-0.15, -0.1) is 0 Å². The second-order valence-corrected chi connectivity index (χ2v) is 6.75. The number of halogens is 2. The molecule has 0 aliphatic heterocycles. The van der Waals surface area contributed by atoms with Gasteiger partial charge in [-0.3, -0.25) is 4.79 Å². The molecule has 1 aromatic heterocycles. The number of anilines is 1. The van der Waals surface area contributed by atoms with Gasteiger partial charge in [0.05, 0.1) is 10.0 Å². The lowest BCUT2D eigenvalue weighted by Crippen LogP contribution is -2.32. The molecule has 6 nitrogen and oxygen atoms in total. The summed E-state index contributed by atoms with van der Waals surface area (Å²) < 4.78 is 10.5. The van der Waals surface area contributed by atoms with E-state index in [9.17, 15) is 9.59 Å². The molecule has 0 bridgehead atoms. The largest absolute Gasteiger partial charge is 0.482 e. The molecule has 0 radical (unpaired) electrons. The van der Waals surface area contributed by atoms with E-state index in [0.29, 0.717) is 10.8 Å². The van der Waals surface area contributed by atoms with Crippen LogP contribution in [0.4, 0.5) is 5.82 Å². The smallest absolute Gasteiger partial charge is 0.344 e. The summed E-state index contributed by atoms with van der Waals surface area (Å²) in [6, 6.07) is 14.7. The van der Waals surface area contributed by atoms with E-state index in [0.717, 1.165) is 10.8 Å². The number of carbonyl (C=O) groups is 2. The molecule has 2 aromatic carbocycles. The molecule has 0 aliphatic rings. The maximum atomic E-state index is 12.1. The summed E-state index contributed by atoms with van der Waals surface area (Å²) >= 11 is 11.7.